The van der Waals surface area contributed by atoms with Crippen molar-refractivity contribution in [2.75, 3.05) is 0 Å². The highest BCUT2D eigenvalue weighted by molar-refractivity contribution is 5.76. The van der Waals surface area contributed by atoms with Gasteiger partial charge < -0.3 is 0 Å². The summed E-state index contributed by atoms with van der Waals surface area (Å²) < 4.78 is 0. The van der Waals surface area contributed by atoms with Gasteiger partial charge in [0.2, 0.25) is 0 Å². The molecule has 0 atom stereocenters. The van der Waals surface area contributed by atoms with Crippen molar-refractivity contribution in [3.8, 4) is 11.1 Å². The average Bonchev–Trinajstić information content (AvgIpc) is 2.56. The van der Waals surface area contributed by atoms with E-state index in [1.165, 1.54) is 22.3 Å². The maximum Gasteiger partial charge on any atom is -0.000728 e. The van der Waals surface area contributed by atoms with Crippen molar-refractivity contribution in [3.63, 3.8) is 0 Å². The molecular formula is C13H9. The number of fused-ring (bicyclic) bond motifs is 3. The first-order valence-corrected chi connectivity index (χ1v) is 4.53. The fourth-order valence-electron chi connectivity index (χ4n) is 2.00. The molecule has 0 nitrogen and oxygen atoms in total. The molecule has 3 rings (SSSR count). The van der Waals surface area contributed by atoms with Crippen LogP contribution < -0.4 is 0 Å². The molecule has 61 valence electrons. The summed E-state index contributed by atoms with van der Waals surface area (Å²) in [6, 6.07) is 18.1. The lowest BCUT2D eigenvalue weighted by atomic mass is 10.1. The van der Waals surface area contributed by atoms with Crippen molar-refractivity contribution < 1.29 is 0 Å². The normalized spacial score (nSPS) is 12.3. The van der Waals surface area contributed by atoms with Crippen LogP contribution in [-0.2, 0) is 6.42 Å². The van der Waals surface area contributed by atoms with Gasteiger partial charge in [0.25, 0.3) is 0 Å². The number of rotatable bonds is 0. The Balaban J connectivity index is 2.32. The zero-order chi connectivity index (χ0) is 8.67. The van der Waals surface area contributed by atoms with Gasteiger partial charge in [0, 0.05) is 0 Å². The first-order valence-electron chi connectivity index (χ1n) is 4.53. The fraction of sp³-hybridized carbons (Fsp3) is 0.0769. The molecule has 0 heterocycles. The van der Waals surface area contributed by atoms with Gasteiger partial charge >= 0.3 is 0 Å². The molecule has 0 aromatic heterocycles. The third-order valence-corrected chi connectivity index (χ3v) is 2.62. The molecule has 2 aromatic rings. The molecule has 1 radical (unpaired) electrons. The second kappa shape index (κ2) is 2.46. The molecular weight excluding hydrogens is 156 g/mol. The topological polar surface area (TPSA) is 0 Å². The lowest BCUT2D eigenvalue weighted by Gasteiger charge is -1.97. The van der Waals surface area contributed by atoms with E-state index in [9.17, 15) is 0 Å². The molecule has 0 unspecified atom stereocenters. The zero-order valence-electron chi connectivity index (χ0n) is 7.25. The number of hydrogen-bond donors (Lipinski definition) is 0. The minimum atomic E-state index is 1.05. The van der Waals surface area contributed by atoms with Crippen LogP contribution in [0.15, 0.2) is 42.5 Å². The van der Waals surface area contributed by atoms with Crippen LogP contribution in [-0.4, -0.2) is 0 Å². The molecule has 0 bridgehead atoms. The van der Waals surface area contributed by atoms with Crippen LogP contribution in [0.25, 0.3) is 11.1 Å². The smallest absolute Gasteiger partial charge is 0.000728 e. The largest absolute Gasteiger partial charge is 0.0619 e. The summed E-state index contributed by atoms with van der Waals surface area (Å²) in [6.45, 7) is 0. The Morgan fingerprint density at radius 1 is 0.923 bits per heavy atom. The highest BCUT2D eigenvalue weighted by atomic mass is 14.2. The van der Waals surface area contributed by atoms with Crippen molar-refractivity contribution in [1.29, 1.82) is 0 Å². The monoisotopic (exact) mass is 165 g/mol. The summed E-state index contributed by atoms with van der Waals surface area (Å²) in [6.07, 6.45) is 1.05. The number of benzene rings is 2. The van der Waals surface area contributed by atoms with E-state index in [1.54, 1.807) is 0 Å². The Bertz CT molecular complexity index is 412. The lowest BCUT2D eigenvalue weighted by molar-refractivity contribution is 1.26. The van der Waals surface area contributed by atoms with Gasteiger partial charge in [-0.2, -0.15) is 0 Å². The van der Waals surface area contributed by atoms with Crippen molar-refractivity contribution in [3.05, 3.63) is 59.7 Å². The van der Waals surface area contributed by atoms with Gasteiger partial charge in [-0.15, -0.1) is 0 Å². The predicted molar refractivity (Wildman–Crippen MR) is 53.5 cm³/mol. The molecule has 1 aliphatic carbocycles. The maximum absolute atomic E-state index is 3.30. The summed E-state index contributed by atoms with van der Waals surface area (Å²) >= 11 is 0. The third kappa shape index (κ3) is 0.919. The van der Waals surface area contributed by atoms with Crippen molar-refractivity contribution in [1.82, 2.24) is 0 Å². The van der Waals surface area contributed by atoms with E-state index in [0.29, 0.717) is 0 Å². The zero-order valence-corrected chi connectivity index (χ0v) is 7.25. The van der Waals surface area contributed by atoms with Gasteiger partial charge in [0.05, 0.1) is 0 Å². The second-order valence-electron chi connectivity index (χ2n) is 3.40. The van der Waals surface area contributed by atoms with E-state index in [-0.39, 0.29) is 0 Å². The first-order chi connectivity index (χ1) is 6.45. The summed E-state index contributed by atoms with van der Waals surface area (Å²) in [5, 5.41) is 0. The van der Waals surface area contributed by atoms with Crippen molar-refractivity contribution >= 4 is 0 Å². The Morgan fingerprint density at radius 2 is 1.77 bits per heavy atom. The van der Waals surface area contributed by atoms with E-state index in [0.717, 1.165) is 6.42 Å². The van der Waals surface area contributed by atoms with E-state index in [1.807, 2.05) is 6.07 Å². The number of hydrogen-bond acceptors (Lipinski definition) is 0. The van der Waals surface area contributed by atoms with E-state index < -0.39 is 0 Å². The standard InChI is InChI=1S/C13H9/c1-3-7-12-10(5-1)9-11-6-2-4-8-13(11)12/h1-5,7-8H,9H2. The summed E-state index contributed by atoms with van der Waals surface area (Å²) in [4.78, 5) is 0. The van der Waals surface area contributed by atoms with Gasteiger partial charge in [0.1, 0.15) is 0 Å². The predicted octanol–water partition coefficient (Wildman–Crippen LogP) is 3.06. The molecule has 0 saturated carbocycles. The molecule has 1 aliphatic rings. The van der Waals surface area contributed by atoms with E-state index in [2.05, 4.69) is 42.5 Å². The van der Waals surface area contributed by atoms with Crippen LogP contribution in [0.5, 0.6) is 0 Å². The van der Waals surface area contributed by atoms with Crippen LogP contribution in [0.1, 0.15) is 11.1 Å². The van der Waals surface area contributed by atoms with Crippen molar-refractivity contribution in [2.45, 2.75) is 6.42 Å². The van der Waals surface area contributed by atoms with Gasteiger partial charge in [-0.3, -0.25) is 0 Å². The molecule has 0 amide bonds. The minimum Gasteiger partial charge on any atom is -0.0619 e. The first kappa shape index (κ1) is 6.90. The second-order valence-corrected chi connectivity index (χ2v) is 3.40. The summed E-state index contributed by atoms with van der Waals surface area (Å²) in [5.41, 5.74) is 5.51. The molecule has 0 spiro atoms. The Hall–Kier alpha value is -1.56. The molecule has 0 saturated heterocycles. The van der Waals surface area contributed by atoms with E-state index in [4.69, 9.17) is 0 Å². The van der Waals surface area contributed by atoms with Crippen LogP contribution in [0.4, 0.5) is 0 Å². The van der Waals surface area contributed by atoms with Crippen molar-refractivity contribution in [2.24, 2.45) is 0 Å². The van der Waals surface area contributed by atoms with Gasteiger partial charge in [-0.05, 0) is 34.7 Å². The molecule has 13 heavy (non-hydrogen) atoms. The van der Waals surface area contributed by atoms with Crippen LogP contribution >= 0.6 is 0 Å². The minimum absolute atomic E-state index is 1.05. The lowest BCUT2D eigenvalue weighted by Crippen LogP contribution is -1.77. The van der Waals surface area contributed by atoms with Gasteiger partial charge in [-0.25, -0.2) is 0 Å². The van der Waals surface area contributed by atoms with Crippen LogP contribution in [0.2, 0.25) is 0 Å². The summed E-state index contributed by atoms with van der Waals surface area (Å²) in [7, 11) is 0. The Morgan fingerprint density at radius 3 is 2.77 bits per heavy atom. The molecule has 0 fully saturated rings. The van der Waals surface area contributed by atoms with Crippen LogP contribution in [0.3, 0.4) is 0 Å². The molecule has 0 heteroatoms. The fourth-order valence-corrected chi connectivity index (χ4v) is 2.00. The molecule has 0 aliphatic heterocycles. The van der Waals surface area contributed by atoms with Gasteiger partial charge in [-0.1, -0.05) is 42.5 Å². The van der Waals surface area contributed by atoms with Crippen LogP contribution in [0, 0.1) is 6.07 Å². The molecule has 0 N–H and O–H groups in total. The highest BCUT2D eigenvalue weighted by Gasteiger charge is 2.16. The van der Waals surface area contributed by atoms with Gasteiger partial charge in [0.15, 0.2) is 0 Å². The Kier molecular flexibility index (Phi) is 1.31. The highest BCUT2D eigenvalue weighted by Crippen LogP contribution is 2.35. The quantitative estimate of drug-likeness (QED) is 0.480. The third-order valence-electron chi connectivity index (χ3n) is 2.62. The molecule has 2 aromatic carbocycles. The van der Waals surface area contributed by atoms with E-state index >= 15 is 0 Å². The SMILES string of the molecule is [c]1cccc2c1Cc1ccccc1-2. The maximum atomic E-state index is 3.30. The Labute approximate surface area is 77.8 Å². The summed E-state index contributed by atoms with van der Waals surface area (Å²) in [5.74, 6) is 0. The average molecular weight is 165 g/mol.